The number of hydrogen-bond acceptors (Lipinski definition) is 6. The van der Waals surface area contributed by atoms with E-state index in [0.29, 0.717) is 25.2 Å². The molecule has 0 unspecified atom stereocenters. The number of fused-ring (bicyclic) bond motifs is 1. The van der Waals surface area contributed by atoms with Gasteiger partial charge >= 0.3 is 5.76 Å². The summed E-state index contributed by atoms with van der Waals surface area (Å²) >= 11 is 1.53. The maximum atomic E-state index is 12.7. The second-order valence-electron chi connectivity index (χ2n) is 6.55. The van der Waals surface area contributed by atoms with Crippen LogP contribution in [0.1, 0.15) is 17.7 Å². The van der Waals surface area contributed by atoms with Gasteiger partial charge in [-0.2, -0.15) is 4.31 Å². The summed E-state index contributed by atoms with van der Waals surface area (Å²) in [5, 5.41) is 4.68. The van der Waals surface area contributed by atoms with Crippen LogP contribution in [0.25, 0.3) is 11.1 Å². The van der Waals surface area contributed by atoms with E-state index in [2.05, 4.69) is 5.32 Å². The predicted octanol–water partition coefficient (Wildman–Crippen LogP) is 1.76. The van der Waals surface area contributed by atoms with Gasteiger partial charge in [0, 0.05) is 24.0 Å². The van der Waals surface area contributed by atoms with Gasteiger partial charge < -0.3 is 9.73 Å². The Balaban J connectivity index is 1.56. The molecule has 2 aromatic heterocycles. The highest BCUT2D eigenvalue weighted by Crippen LogP contribution is 2.24. The number of rotatable bonds is 6. The number of amides is 1. The van der Waals surface area contributed by atoms with Gasteiger partial charge in [-0.15, -0.1) is 11.3 Å². The van der Waals surface area contributed by atoms with Crippen LogP contribution < -0.4 is 11.1 Å². The van der Waals surface area contributed by atoms with Crippen molar-refractivity contribution in [2.24, 2.45) is 0 Å². The molecule has 0 spiro atoms. The van der Waals surface area contributed by atoms with E-state index < -0.39 is 15.8 Å². The smallest absolute Gasteiger partial charge is 0.408 e. The average molecular weight is 422 g/mol. The lowest BCUT2D eigenvalue weighted by atomic mass is 10.3. The van der Waals surface area contributed by atoms with Crippen LogP contribution in [0.5, 0.6) is 0 Å². The second-order valence-corrected chi connectivity index (χ2v) is 9.52. The molecule has 8 nitrogen and oxygen atoms in total. The molecule has 4 rings (SSSR count). The predicted molar refractivity (Wildman–Crippen MR) is 105 cm³/mol. The van der Waals surface area contributed by atoms with Gasteiger partial charge in [-0.3, -0.25) is 9.36 Å². The van der Waals surface area contributed by atoms with Crippen molar-refractivity contribution < 1.29 is 17.6 Å². The number of hydrogen-bond donors (Lipinski definition) is 1. The quantitative estimate of drug-likeness (QED) is 0.653. The van der Waals surface area contributed by atoms with Crippen molar-refractivity contribution in [1.29, 1.82) is 0 Å². The highest BCUT2D eigenvalue weighted by atomic mass is 32.2. The maximum absolute atomic E-state index is 12.7. The van der Waals surface area contributed by atoms with E-state index in [9.17, 15) is 18.0 Å². The third-order valence-corrected chi connectivity index (χ3v) is 7.46. The molecule has 3 heterocycles. The van der Waals surface area contributed by atoms with Gasteiger partial charge in [-0.05, 0) is 36.4 Å². The minimum absolute atomic E-state index is 0.0879. The fourth-order valence-corrected chi connectivity index (χ4v) is 5.41. The maximum Gasteiger partial charge on any atom is 0.420 e. The Bertz CT molecular complexity index is 1160. The molecule has 1 amide bonds. The van der Waals surface area contributed by atoms with Crippen LogP contribution >= 0.6 is 11.3 Å². The lowest BCUT2D eigenvalue weighted by Crippen LogP contribution is -2.30. The number of carbonyl (C=O) groups excluding carboxylic acids is 1. The van der Waals surface area contributed by atoms with Crippen molar-refractivity contribution in [3.63, 3.8) is 0 Å². The van der Waals surface area contributed by atoms with Crippen LogP contribution in [0.15, 0.2) is 49.8 Å². The van der Waals surface area contributed by atoms with E-state index in [-0.39, 0.29) is 22.9 Å². The molecule has 0 saturated carbocycles. The Kier molecular flexibility index (Phi) is 5.09. The zero-order valence-corrected chi connectivity index (χ0v) is 16.6. The molecule has 28 heavy (non-hydrogen) atoms. The van der Waals surface area contributed by atoms with Gasteiger partial charge in [0.25, 0.3) is 0 Å². The van der Waals surface area contributed by atoms with E-state index in [1.807, 2.05) is 17.5 Å². The first kappa shape index (κ1) is 18.9. The highest BCUT2D eigenvalue weighted by Gasteiger charge is 2.28. The fraction of sp³-hybridized carbons (Fsp3) is 0.333. The van der Waals surface area contributed by atoms with Crippen LogP contribution in [-0.2, 0) is 27.9 Å². The van der Waals surface area contributed by atoms with Crippen LogP contribution in [-0.4, -0.2) is 36.3 Å². The number of aromatic nitrogens is 1. The minimum Gasteiger partial charge on any atom is -0.408 e. The molecule has 1 aromatic carbocycles. The van der Waals surface area contributed by atoms with Crippen molar-refractivity contribution in [1.82, 2.24) is 14.2 Å². The summed E-state index contributed by atoms with van der Waals surface area (Å²) in [6, 6.07) is 8.12. The minimum atomic E-state index is -3.61. The molecular weight excluding hydrogens is 402 g/mol. The van der Waals surface area contributed by atoms with Crippen LogP contribution in [0.3, 0.4) is 0 Å². The first-order valence-electron chi connectivity index (χ1n) is 8.88. The normalized spacial score (nSPS) is 15.3. The van der Waals surface area contributed by atoms with Gasteiger partial charge in [0.15, 0.2) is 5.58 Å². The summed E-state index contributed by atoms with van der Waals surface area (Å²) in [7, 11) is -3.61. The third-order valence-electron chi connectivity index (χ3n) is 4.68. The van der Waals surface area contributed by atoms with Crippen LogP contribution in [0, 0.1) is 0 Å². The molecule has 1 saturated heterocycles. The summed E-state index contributed by atoms with van der Waals surface area (Å²) in [4.78, 5) is 25.5. The molecule has 1 N–H and O–H groups in total. The summed E-state index contributed by atoms with van der Waals surface area (Å²) in [5.41, 5.74) is 0.535. The molecule has 1 aliphatic rings. The van der Waals surface area contributed by atoms with E-state index in [0.717, 1.165) is 17.7 Å². The SMILES string of the molecule is O=C(Cn1c(=O)oc2cc(S(=O)(=O)N3CCCC3)ccc21)NCc1cccs1. The van der Waals surface area contributed by atoms with Crippen LogP contribution in [0.2, 0.25) is 0 Å². The molecule has 1 fully saturated rings. The summed E-state index contributed by atoms with van der Waals surface area (Å²) in [5.74, 6) is -1.02. The van der Waals surface area contributed by atoms with Gasteiger partial charge in [-0.25, -0.2) is 13.2 Å². The molecule has 10 heteroatoms. The van der Waals surface area contributed by atoms with E-state index in [4.69, 9.17) is 4.42 Å². The fourth-order valence-electron chi connectivity index (χ4n) is 3.23. The Morgan fingerprint density at radius 1 is 1.21 bits per heavy atom. The van der Waals surface area contributed by atoms with Gasteiger partial charge in [0.05, 0.1) is 17.0 Å². The average Bonchev–Trinajstić information content (AvgIpc) is 3.42. The molecule has 148 valence electrons. The summed E-state index contributed by atoms with van der Waals surface area (Å²) < 4.78 is 33.2. The van der Waals surface area contributed by atoms with Crippen molar-refractivity contribution in [2.75, 3.05) is 13.1 Å². The van der Waals surface area contributed by atoms with Crippen molar-refractivity contribution in [3.8, 4) is 0 Å². The third kappa shape index (κ3) is 3.62. The number of carbonyl (C=O) groups is 1. The van der Waals surface area contributed by atoms with E-state index in [1.54, 1.807) is 0 Å². The standard InChI is InChI=1S/C18H19N3O5S2/c22-17(19-11-13-4-3-9-27-13)12-21-15-6-5-14(10-16(15)26-18(21)23)28(24,25)20-7-1-2-8-20/h3-6,9-10H,1-2,7-8,11-12H2,(H,19,22). The Labute approximate surface area is 165 Å². The zero-order chi connectivity index (χ0) is 19.7. The number of benzene rings is 1. The first-order valence-corrected chi connectivity index (χ1v) is 11.2. The molecule has 1 aliphatic heterocycles. The van der Waals surface area contributed by atoms with Crippen molar-refractivity contribution in [3.05, 3.63) is 51.1 Å². The Hall–Kier alpha value is -2.43. The van der Waals surface area contributed by atoms with Crippen molar-refractivity contribution in [2.45, 2.75) is 30.8 Å². The van der Waals surface area contributed by atoms with Crippen molar-refractivity contribution >= 4 is 38.4 Å². The zero-order valence-electron chi connectivity index (χ0n) is 15.0. The number of nitrogens with one attached hydrogen (secondary N) is 1. The number of thiophene rings is 1. The second kappa shape index (κ2) is 7.53. The number of oxazole rings is 1. The molecular formula is C18H19N3O5S2. The van der Waals surface area contributed by atoms with E-state index >= 15 is 0 Å². The molecule has 0 bridgehead atoms. The monoisotopic (exact) mass is 421 g/mol. The van der Waals surface area contributed by atoms with Gasteiger partial charge in [0.2, 0.25) is 15.9 Å². The molecule has 0 aliphatic carbocycles. The van der Waals surface area contributed by atoms with E-state index in [1.165, 1.54) is 38.4 Å². The first-order chi connectivity index (χ1) is 13.4. The lowest BCUT2D eigenvalue weighted by molar-refractivity contribution is -0.121. The molecule has 0 radical (unpaired) electrons. The topological polar surface area (TPSA) is 102 Å². The number of nitrogens with zero attached hydrogens (tertiary/aromatic N) is 2. The van der Waals surface area contributed by atoms with Gasteiger partial charge in [-0.1, -0.05) is 6.07 Å². The summed E-state index contributed by atoms with van der Waals surface area (Å²) in [6.07, 6.45) is 1.68. The molecule has 0 atom stereocenters. The largest absolute Gasteiger partial charge is 0.420 e. The molecule has 3 aromatic rings. The number of sulfonamides is 1. The lowest BCUT2D eigenvalue weighted by Gasteiger charge is -2.15. The Morgan fingerprint density at radius 2 is 2.00 bits per heavy atom. The highest BCUT2D eigenvalue weighted by molar-refractivity contribution is 7.89. The van der Waals surface area contributed by atoms with Gasteiger partial charge in [0.1, 0.15) is 6.54 Å². The summed E-state index contributed by atoms with van der Waals surface area (Å²) in [6.45, 7) is 1.18. The Morgan fingerprint density at radius 3 is 2.71 bits per heavy atom. The van der Waals surface area contributed by atoms with Crippen LogP contribution in [0.4, 0.5) is 0 Å².